The first kappa shape index (κ1) is 33.4. The lowest BCUT2D eigenvalue weighted by atomic mass is 9.83. The van der Waals surface area contributed by atoms with E-state index in [1.165, 1.54) is 28.8 Å². The van der Waals surface area contributed by atoms with Crippen LogP contribution in [0.3, 0.4) is 0 Å². The number of benzene rings is 1. The van der Waals surface area contributed by atoms with Gasteiger partial charge in [0, 0.05) is 41.8 Å². The molecule has 1 unspecified atom stereocenters. The van der Waals surface area contributed by atoms with Crippen LogP contribution >= 0.6 is 22.9 Å². The molecule has 1 aromatic carbocycles. The zero-order chi connectivity index (χ0) is 32.3. The molecule has 244 valence electrons. The molecule has 45 heavy (non-hydrogen) atoms. The predicted molar refractivity (Wildman–Crippen MR) is 165 cm³/mol. The summed E-state index contributed by atoms with van der Waals surface area (Å²) >= 11 is 7.58. The monoisotopic (exact) mass is 684 g/mol. The Morgan fingerprint density at radius 1 is 1.13 bits per heavy atom. The number of piperidine rings is 1. The zero-order valence-corrected chi connectivity index (χ0v) is 27.3. The number of halogens is 3. The molecule has 15 heteroatoms. The summed E-state index contributed by atoms with van der Waals surface area (Å²) in [5, 5.41) is 5.04. The minimum Gasteiger partial charge on any atom is -0.469 e. The van der Waals surface area contributed by atoms with E-state index in [2.05, 4.69) is 15.3 Å². The van der Waals surface area contributed by atoms with Crippen LogP contribution in [0.4, 0.5) is 8.78 Å². The first-order valence-corrected chi connectivity index (χ1v) is 17.8. The summed E-state index contributed by atoms with van der Waals surface area (Å²) < 4.78 is 67.3. The largest absolute Gasteiger partial charge is 0.469 e. The van der Waals surface area contributed by atoms with Crippen molar-refractivity contribution < 1.29 is 36.3 Å². The van der Waals surface area contributed by atoms with Gasteiger partial charge in [0.15, 0.2) is 22.5 Å². The van der Waals surface area contributed by atoms with Crippen molar-refractivity contribution in [2.24, 2.45) is 22.7 Å². The van der Waals surface area contributed by atoms with Crippen molar-refractivity contribution in [2.45, 2.75) is 51.5 Å². The first-order chi connectivity index (χ1) is 21.5. The molecule has 1 N–H and O–H groups in total. The molecule has 0 bridgehead atoms. The van der Waals surface area contributed by atoms with Crippen LogP contribution in [0.25, 0.3) is 0 Å². The average Bonchev–Trinajstić information content (AvgIpc) is 3.58. The second-order valence-electron chi connectivity index (χ2n) is 11.3. The van der Waals surface area contributed by atoms with Crippen molar-refractivity contribution in [1.82, 2.24) is 14.6 Å². The van der Waals surface area contributed by atoms with E-state index in [0.717, 1.165) is 6.07 Å². The van der Waals surface area contributed by atoms with Gasteiger partial charge in [0.1, 0.15) is 6.04 Å². The molecule has 3 aliphatic rings. The molecule has 2 aliphatic heterocycles. The minimum atomic E-state index is -3.57. The molecule has 0 amide bonds. The van der Waals surface area contributed by atoms with Crippen molar-refractivity contribution in [3.8, 4) is 0 Å². The van der Waals surface area contributed by atoms with Crippen molar-refractivity contribution in [3.05, 3.63) is 62.2 Å². The topological polar surface area (TPSA) is 127 Å². The van der Waals surface area contributed by atoms with Gasteiger partial charge in [-0.1, -0.05) is 17.7 Å². The Labute approximate surface area is 269 Å². The first-order valence-electron chi connectivity index (χ1n) is 14.9. The summed E-state index contributed by atoms with van der Waals surface area (Å²) in [7, 11) is -2.21. The van der Waals surface area contributed by atoms with Gasteiger partial charge in [-0.2, -0.15) is 0 Å². The normalized spacial score (nSPS) is 23.3. The highest BCUT2D eigenvalue weighted by Gasteiger charge is 2.40. The smallest absolute Gasteiger partial charge is 0.338 e. The maximum absolute atomic E-state index is 14.6. The molecule has 2 fully saturated rings. The molecule has 2 aromatic rings. The van der Waals surface area contributed by atoms with Gasteiger partial charge >= 0.3 is 11.9 Å². The number of amidine groups is 1. The van der Waals surface area contributed by atoms with Gasteiger partial charge in [0.05, 0.1) is 36.0 Å². The van der Waals surface area contributed by atoms with Gasteiger partial charge in [0.25, 0.3) is 0 Å². The number of hydrogen-bond acceptors (Lipinski definition) is 10. The fourth-order valence-corrected chi connectivity index (χ4v) is 9.06. The van der Waals surface area contributed by atoms with Crippen LogP contribution in [0.2, 0.25) is 5.02 Å². The van der Waals surface area contributed by atoms with Crippen molar-refractivity contribution >= 4 is 50.7 Å². The Balaban J connectivity index is 1.40. The van der Waals surface area contributed by atoms with Gasteiger partial charge in [-0.05, 0) is 57.4 Å². The lowest BCUT2D eigenvalue weighted by molar-refractivity contribution is -0.146. The average molecular weight is 685 g/mol. The number of hydrogen-bond donors (Lipinski definition) is 1. The van der Waals surface area contributed by atoms with Crippen molar-refractivity contribution in [2.75, 3.05) is 32.6 Å². The number of aliphatic imine (C=N–C) groups is 1. The fourth-order valence-electron chi connectivity index (χ4n) is 6.30. The number of esters is 2. The maximum Gasteiger partial charge on any atom is 0.338 e. The third-order valence-electron chi connectivity index (χ3n) is 8.65. The maximum atomic E-state index is 14.6. The van der Waals surface area contributed by atoms with Crippen LogP contribution in [0, 0.1) is 29.4 Å². The molecule has 0 spiro atoms. The molecule has 3 heterocycles. The molecular weight excluding hydrogens is 650 g/mol. The van der Waals surface area contributed by atoms with E-state index in [1.54, 1.807) is 18.5 Å². The van der Waals surface area contributed by atoms with Crippen LogP contribution in [0.1, 0.15) is 62.1 Å². The van der Waals surface area contributed by atoms with E-state index in [-0.39, 0.29) is 60.3 Å². The van der Waals surface area contributed by atoms with E-state index in [1.807, 2.05) is 0 Å². The molecular formula is C30H35ClF2N4O6S2. The lowest BCUT2D eigenvalue weighted by Gasteiger charge is -2.37. The summed E-state index contributed by atoms with van der Waals surface area (Å²) in [5.41, 5.74) is 0.667. The van der Waals surface area contributed by atoms with Crippen molar-refractivity contribution in [1.29, 1.82) is 0 Å². The lowest BCUT2D eigenvalue weighted by Crippen LogP contribution is -2.44. The van der Waals surface area contributed by atoms with Crippen molar-refractivity contribution in [3.63, 3.8) is 0 Å². The van der Waals surface area contributed by atoms with Crippen LogP contribution < -0.4 is 5.32 Å². The summed E-state index contributed by atoms with van der Waals surface area (Å²) in [6, 6.07) is 1.11. The van der Waals surface area contributed by atoms with Gasteiger partial charge in [-0.25, -0.2) is 31.3 Å². The summed E-state index contributed by atoms with van der Waals surface area (Å²) in [6.07, 6.45) is 4.88. The SMILES string of the molecule is CCOC(=O)C1=C(C2CCN(S(=O)(=O)CC3CCC(C(=O)OC)CC3)CC2)NC(c2nccs2)=NC1c1ccc(F)c(F)c1Cl. The number of carbonyl (C=O) groups excluding carboxylic acids is 2. The number of thiazole rings is 1. The Kier molecular flexibility index (Phi) is 10.6. The van der Waals surface area contributed by atoms with E-state index < -0.39 is 38.7 Å². The van der Waals surface area contributed by atoms with E-state index in [0.29, 0.717) is 55.1 Å². The number of nitrogens with zero attached hydrogens (tertiary/aromatic N) is 3. The zero-order valence-electron chi connectivity index (χ0n) is 24.9. The van der Waals surface area contributed by atoms with E-state index in [9.17, 15) is 26.8 Å². The Hall–Kier alpha value is -2.94. The van der Waals surface area contributed by atoms with Gasteiger partial charge < -0.3 is 14.8 Å². The Bertz CT molecular complexity index is 1590. The Morgan fingerprint density at radius 3 is 2.47 bits per heavy atom. The molecule has 10 nitrogen and oxygen atoms in total. The fraction of sp³-hybridized carbons (Fsp3) is 0.533. The van der Waals surface area contributed by atoms with E-state index >= 15 is 0 Å². The summed E-state index contributed by atoms with van der Waals surface area (Å²) in [5.74, 6) is -3.50. The standard InChI is InChI=1S/C30H35ClF2N4O6S2/c1-3-43-30(39)22-25(35-27(28-34-12-15-44-28)36-26(22)20-8-9-21(32)24(33)23(20)31)18-10-13-37(14-11-18)45(40,41)16-17-4-6-19(7-5-17)29(38)42-2/h8-9,12,15,17-19,26H,3-7,10-11,13-14,16H2,1-2H3,(H,35,36). The van der Waals surface area contributed by atoms with Crippen LogP contribution in [0.5, 0.6) is 0 Å². The number of sulfonamides is 1. The van der Waals surface area contributed by atoms with Crippen LogP contribution in [-0.2, 0) is 29.1 Å². The number of allylic oxidation sites excluding steroid dienone is 1. The van der Waals surface area contributed by atoms with Gasteiger partial charge in [-0.3, -0.25) is 9.79 Å². The van der Waals surface area contributed by atoms with Crippen LogP contribution in [0.15, 0.2) is 40.0 Å². The van der Waals surface area contributed by atoms with Gasteiger partial charge in [-0.15, -0.1) is 11.3 Å². The molecule has 0 radical (unpaired) electrons. The second-order valence-corrected chi connectivity index (χ2v) is 14.6. The highest BCUT2D eigenvalue weighted by molar-refractivity contribution is 7.89. The quantitative estimate of drug-likeness (QED) is 0.289. The predicted octanol–water partition coefficient (Wildman–Crippen LogP) is 5.00. The Morgan fingerprint density at radius 2 is 1.84 bits per heavy atom. The highest BCUT2D eigenvalue weighted by atomic mass is 35.5. The highest BCUT2D eigenvalue weighted by Crippen LogP contribution is 2.41. The number of methoxy groups -OCH3 is 1. The number of ether oxygens (including phenoxy) is 2. The minimum absolute atomic E-state index is 0.0120. The number of aromatic nitrogens is 1. The molecule has 5 rings (SSSR count). The van der Waals surface area contributed by atoms with E-state index in [4.69, 9.17) is 21.1 Å². The second kappa shape index (κ2) is 14.2. The van der Waals surface area contributed by atoms with Gasteiger partial charge in [0.2, 0.25) is 10.0 Å². The molecule has 1 aliphatic carbocycles. The molecule has 1 aromatic heterocycles. The number of nitrogens with one attached hydrogen (secondary N) is 1. The number of carbonyl (C=O) groups is 2. The van der Waals surface area contributed by atoms with Crippen LogP contribution in [-0.4, -0.2) is 68.0 Å². The number of rotatable bonds is 9. The summed E-state index contributed by atoms with van der Waals surface area (Å²) in [6.45, 7) is 2.18. The molecule has 1 saturated heterocycles. The molecule has 1 atom stereocenters. The third-order valence-corrected chi connectivity index (χ3v) is 11.9. The third kappa shape index (κ3) is 7.23. The molecule has 1 saturated carbocycles. The summed E-state index contributed by atoms with van der Waals surface area (Å²) in [4.78, 5) is 34.4.